The Kier molecular flexibility index (Phi) is 32.9. The van der Waals surface area contributed by atoms with Gasteiger partial charge in [0.2, 0.25) is 29.7 Å². The van der Waals surface area contributed by atoms with E-state index in [0.29, 0.717) is 52.9 Å². The molecule has 10 fully saturated rings. The molecule has 7 saturated heterocycles. The van der Waals surface area contributed by atoms with Gasteiger partial charge in [0, 0.05) is 26.2 Å². The van der Waals surface area contributed by atoms with E-state index >= 15 is 0 Å². The number of anilines is 5. The number of rotatable bonds is 10. The van der Waals surface area contributed by atoms with Crippen molar-refractivity contribution in [3.05, 3.63) is 118 Å². The van der Waals surface area contributed by atoms with Crippen molar-refractivity contribution >= 4 is 82.8 Å². The summed E-state index contributed by atoms with van der Waals surface area (Å²) in [6.45, 7) is 31.4. The van der Waals surface area contributed by atoms with E-state index < -0.39 is 93.2 Å². The van der Waals surface area contributed by atoms with Crippen LogP contribution in [0.1, 0.15) is 241 Å². The van der Waals surface area contributed by atoms with Gasteiger partial charge in [0.25, 0.3) is 0 Å². The number of hydrogen-bond acceptors (Lipinski definition) is 22. The van der Waals surface area contributed by atoms with Crippen molar-refractivity contribution in [3.8, 4) is 0 Å². The molecule has 0 radical (unpaired) electrons. The smallest absolute Gasteiger partial charge is 0.850 e. The molecular formula is C80H108F5KN12O16. The Bertz CT molecular complexity index is 4100. The number of carbonyl (C=O) groups is 9. The van der Waals surface area contributed by atoms with Crippen LogP contribution in [-0.2, 0) is 18.9 Å². The van der Waals surface area contributed by atoms with Crippen LogP contribution in [0.3, 0.4) is 0 Å². The fourth-order valence-electron chi connectivity index (χ4n) is 13.1. The van der Waals surface area contributed by atoms with Gasteiger partial charge in [0.05, 0.1) is 38.8 Å². The second-order valence-electron chi connectivity index (χ2n) is 32.8. The minimum absolute atomic E-state index is 0. The maximum Gasteiger partial charge on any atom is 1.00 e. The monoisotopic (exact) mass is 1630 g/mol. The zero-order valence-corrected chi connectivity index (χ0v) is 69.4. The quantitative estimate of drug-likeness (QED) is 0.0332. The van der Waals surface area contributed by atoms with Crippen LogP contribution in [-0.4, -0.2) is 182 Å². The number of carbonyl (C=O) groups excluding carboxylic acids is 7. The fraction of sp³-hybridized carbons (Fsp3) is 0.575. The van der Waals surface area contributed by atoms with E-state index in [0.717, 1.165) is 81.5 Å². The van der Waals surface area contributed by atoms with Gasteiger partial charge < -0.3 is 54.7 Å². The number of cyclic esters (lactones) is 4. The van der Waals surface area contributed by atoms with Gasteiger partial charge in [-0.05, 0) is 243 Å². The number of hydrogen-bond donors (Lipinski definition) is 4. The number of nitrogens with zero attached hydrogens (tertiary/aromatic N) is 10. The van der Waals surface area contributed by atoms with Crippen LogP contribution in [0.5, 0.6) is 0 Å². The number of aromatic carboxylic acids is 2. The predicted molar refractivity (Wildman–Crippen MR) is 410 cm³/mol. The molecule has 0 bridgehead atoms. The van der Waals surface area contributed by atoms with Crippen LogP contribution in [0.4, 0.5) is 70.2 Å². The summed E-state index contributed by atoms with van der Waals surface area (Å²) in [6, 6.07) is 13.1. The molecule has 3 spiro atoms. The van der Waals surface area contributed by atoms with Crippen molar-refractivity contribution in [1.82, 2.24) is 35.6 Å². The molecule has 0 aromatic carbocycles. The molecule has 114 heavy (non-hydrogen) atoms. The Hall–Kier alpha value is -8.41. The summed E-state index contributed by atoms with van der Waals surface area (Å²) in [6.07, 6.45) is 14.0. The van der Waals surface area contributed by atoms with Gasteiger partial charge in [-0.1, -0.05) is 35.6 Å². The number of ether oxygens (including phenoxy) is 4. The van der Waals surface area contributed by atoms with Gasteiger partial charge in [-0.15, -0.1) is 5.60 Å². The van der Waals surface area contributed by atoms with E-state index in [2.05, 4.69) is 40.2 Å². The van der Waals surface area contributed by atoms with Gasteiger partial charge in [-0.3, -0.25) is 29.1 Å². The molecule has 3 saturated carbocycles. The average molecular weight is 1630 g/mol. The Morgan fingerprint density at radius 1 is 0.430 bits per heavy atom. The summed E-state index contributed by atoms with van der Waals surface area (Å²) in [5.74, 6) is -6.23. The molecule has 4 N–H and O–H groups in total. The Morgan fingerprint density at radius 2 is 0.728 bits per heavy atom. The Labute approximate surface area is 705 Å². The maximum atomic E-state index is 13.6. The molecule has 10 aliphatic rings. The van der Waals surface area contributed by atoms with Gasteiger partial charge in [0.15, 0.2) is 17.3 Å². The van der Waals surface area contributed by atoms with Crippen LogP contribution in [0, 0.1) is 46.0 Å². The molecule has 12 heterocycles. The average Bonchev–Trinajstić information content (AvgIpc) is 1.55. The molecule has 0 atom stereocenters. The van der Waals surface area contributed by atoms with Crippen LogP contribution in [0.15, 0.2) is 60.7 Å². The minimum Gasteiger partial charge on any atom is -0.850 e. The number of aromatic nitrogens is 5. The van der Waals surface area contributed by atoms with Gasteiger partial charge in [-0.25, -0.2) is 43.7 Å². The van der Waals surface area contributed by atoms with E-state index in [1.807, 2.05) is 46.4 Å². The van der Waals surface area contributed by atoms with Crippen molar-refractivity contribution < 1.29 is 151 Å². The number of piperidine rings is 3. The molecule has 28 nitrogen and oxygen atoms in total. The second kappa shape index (κ2) is 39.0. The summed E-state index contributed by atoms with van der Waals surface area (Å²) in [4.78, 5) is 129. The first-order valence-electron chi connectivity index (χ1n) is 36.8. The van der Waals surface area contributed by atoms with Crippen molar-refractivity contribution in [2.45, 2.75) is 217 Å². The third kappa shape index (κ3) is 26.0. The minimum atomic E-state index is -1.46. The van der Waals surface area contributed by atoms with Gasteiger partial charge in [0.1, 0.15) is 66.6 Å². The number of Topliss-reactive ketones (excluding diaryl/α,β-unsaturated/α-hetero) is 3. The fourth-order valence-corrected chi connectivity index (χ4v) is 13.1. The number of pyridine rings is 5. The molecular weight excluding hydrogens is 1520 g/mol. The van der Waals surface area contributed by atoms with Crippen LogP contribution in [0.2, 0.25) is 0 Å². The van der Waals surface area contributed by atoms with Crippen molar-refractivity contribution in [2.24, 2.45) is 16.2 Å². The number of carboxylic acid groups (broad SMARTS) is 2. The topological polar surface area (TPSA) is 359 Å². The summed E-state index contributed by atoms with van der Waals surface area (Å²) in [5, 5.41) is 33.9. The largest absolute Gasteiger partial charge is 1.00 e. The molecule has 5 aromatic heterocycles. The molecule has 5 aromatic rings. The van der Waals surface area contributed by atoms with E-state index in [9.17, 15) is 75.3 Å². The van der Waals surface area contributed by atoms with E-state index in [4.69, 9.17) is 24.3 Å². The van der Waals surface area contributed by atoms with Crippen LogP contribution >= 0.6 is 0 Å². The first-order valence-corrected chi connectivity index (χ1v) is 36.8. The maximum absolute atomic E-state index is 13.6. The second-order valence-corrected chi connectivity index (χ2v) is 32.8. The summed E-state index contributed by atoms with van der Waals surface area (Å²) in [7, 11) is 0. The number of halogens is 5. The van der Waals surface area contributed by atoms with Crippen molar-refractivity contribution in [3.63, 3.8) is 0 Å². The number of amides is 4. The van der Waals surface area contributed by atoms with E-state index in [-0.39, 0.29) is 125 Å². The Morgan fingerprint density at radius 3 is 0.991 bits per heavy atom. The zero-order valence-electron chi connectivity index (χ0n) is 66.3. The normalized spacial score (nSPS) is 19.6. The first-order chi connectivity index (χ1) is 51.7. The first kappa shape index (κ1) is 96.2. The standard InChI is InChI=1S/C19H25N3O3.C18H23N3O4.C12H13FN2O3.C7H5F2NO.C7H13N.C6H3F2NO2.C5H9NO2.C4H9O.2CH4.K/c1-13(23)14-4-5-15(22-17(24)25-12-18(22,2)3)20-16(14)21-10-8-19(6-7-19)9-11-21;1-17(2)11-25-16(24)21(17)13-4-3-12(15(22)23)14(19-13)20-9-7-18(5-6-18)8-10-20;1-7(16)8-4-5-9(14-10(8)13)15-11(17)18-6-12(15,2)3;1-4(11)5-2-3-6(8)10-7(5)9;1-2-7(1)3-5-8-6-4-7;7-4-2-1-3(6(10)11)5(8)9-4;1-5(2)3-8-4(7)6-5;1-4(2,3)5;;;/h4-5H,6-12H2,1-3H3;3-4H,5-11H2,1-2H3,(H,22,23);4-5H,6H2,1-3H3;2-3H,1H3;8H,1-6H2;1-2H,(H,10,11);3H2,1-2H3,(H,6,7);1-3H3;2*1H4;/q;;;;;;;-1;;;+1. The van der Waals surface area contributed by atoms with Gasteiger partial charge in [-0.2, -0.15) is 31.9 Å². The molecule has 7 aliphatic heterocycles. The number of ketones is 3. The van der Waals surface area contributed by atoms with Crippen molar-refractivity contribution in [1.29, 1.82) is 0 Å². The number of nitrogens with one attached hydrogen (secondary N) is 2. The number of alkyl carbamates (subject to hydrolysis) is 1. The molecule has 620 valence electrons. The van der Waals surface area contributed by atoms with Crippen molar-refractivity contribution in [2.75, 3.05) is 90.2 Å². The zero-order chi connectivity index (χ0) is 82.1. The molecule has 0 unspecified atom stereocenters. The molecule has 15 rings (SSSR count). The number of carboxylic acids is 2. The predicted octanol–water partition coefficient (Wildman–Crippen LogP) is 11.2. The summed E-state index contributed by atoms with van der Waals surface area (Å²) in [5.41, 5.74) is -0.630. The van der Waals surface area contributed by atoms with E-state index in [1.54, 1.807) is 70.7 Å². The molecule has 34 heteroatoms. The Balaban J connectivity index is 0.000000243. The molecule has 3 aliphatic carbocycles. The van der Waals surface area contributed by atoms with Gasteiger partial charge >= 0.3 is 87.7 Å². The third-order valence-electron chi connectivity index (χ3n) is 20.3. The van der Waals surface area contributed by atoms with E-state index in [1.165, 1.54) is 100 Å². The molecule has 4 amide bonds. The summed E-state index contributed by atoms with van der Waals surface area (Å²) < 4.78 is 82.6. The van der Waals surface area contributed by atoms with Crippen LogP contribution in [0.25, 0.3) is 0 Å². The van der Waals surface area contributed by atoms with Crippen LogP contribution < -0.4 is 91.6 Å². The summed E-state index contributed by atoms with van der Waals surface area (Å²) >= 11 is 0. The third-order valence-corrected chi connectivity index (χ3v) is 20.3. The SMILES string of the molecule is C.C.C1CC2(CCN1)CC2.CC(=O)c1ccc(F)nc1F.CC(=O)c1ccc(N2C(=O)OCC2(C)C)nc1F.CC(=O)c1ccc(N2C(=O)OCC2(C)C)nc1N1CCC2(CC1)CC2.CC(C)(C)[O-].CC1(C)COC(=O)N1.CC1(C)COC(=O)N1c1ccc(C(=O)O)c(N2CCC3(CC2)CC3)n1.O=C(O)c1ccc(F)nc1F.[K+].